The predicted molar refractivity (Wildman–Crippen MR) is 87.0 cm³/mol. The van der Waals surface area contributed by atoms with E-state index in [1.54, 1.807) is 17.0 Å². The van der Waals surface area contributed by atoms with Gasteiger partial charge in [0, 0.05) is 31.6 Å². The van der Waals surface area contributed by atoms with Gasteiger partial charge in [-0.05, 0) is 32.4 Å². The Bertz CT molecular complexity index is 634. The molecule has 0 saturated carbocycles. The molecule has 1 aromatic carbocycles. The molecule has 5 nitrogen and oxygen atoms in total. The molecule has 24 heavy (non-hydrogen) atoms. The minimum absolute atomic E-state index is 0.00798. The van der Waals surface area contributed by atoms with Crippen molar-refractivity contribution in [2.45, 2.75) is 32.4 Å². The minimum atomic E-state index is -0.499. The number of rotatable bonds is 2. The van der Waals surface area contributed by atoms with Gasteiger partial charge in [0.05, 0.1) is 11.7 Å². The number of nitrogens with zero attached hydrogens (tertiary/aromatic N) is 2. The predicted octanol–water partition coefficient (Wildman–Crippen LogP) is 1.92. The Morgan fingerprint density at radius 3 is 2.75 bits per heavy atom. The Hall–Kier alpha value is -1.95. The van der Waals surface area contributed by atoms with E-state index in [-0.39, 0.29) is 42.0 Å². The first kappa shape index (κ1) is 16.9. The quantitative estimate of drug-likeness (QED) is 0.830. The molecule has 0 aliphatic carbocycles. The number of carbonyl (C=O) groups excluding carboxylic acids is 2. The van der Waals surface area contributed by atoms with Gasteiger partial charge in [-0.15, -0.1) is 0 Å². The van der Waals surface area contributed by atoms with Crippen molar-refractivity contribution in [1.29, 1.82) is 0 Å². The van der Waals surface area contributed by atoms with Crippen LogP contribution in [0.3, 0.4) is 0 Å². The van der Waals surface area contributed by atoms with Gasteiger partial charge in [-0.25, -0.2) is 4.39 Å². The lowest BCUT2D eigenvalue weighted by Crippen LogP contribution is -2.50. The second kappa shape index (κ2) is 6.89. The molecule has 6 heteroatoms. The highest BCUT2D eigenvalue weighted by atomic mass is 19.1. The topological polar surface area (TPSA) is 49.9 Å². The highest BCUT2D eigenvalue weighted by Gasteiger charge is 2.38. The monoisotopic (exact) mass is 334 g/mol. The van der Waals surface area contributed by atoms with Crippen LogP contribution in [0.25, 0.3) is 0 Å². The minimum Gasteiger partial charge on any atom is -0.368 e. The first-order chi connectivity index (χ1) is 11.5. The van der Waals surface area contributed by atoms with Gasteiger partial charge >= 0.3 is 0 Å². The lowest BCUT2D eigenvalue weighted by molar-refractivity contribution is -0.136. The van der Waals surface area contributed by atoms with Crippen molar-refractivity contribution in [3.63, 3.8) is 0 Å². The molecule has 0 radical (unpaired) electrons. The largest absolute Gasteiger partial charge is 0.368 e. The summed E-state index contributed by atoms with van der Waals surface area (Å²) in [6.45, 7) is 5.62. The van der Waals surface area contributed by atoms with Crippen LogP contribution in [-0.2, 0) is 9.53 Å². The van der Waals surface area contributed by atoms with Crippen LogP contribution in [0.5, 0.6) is 0 Å². The molecule has 2 aliphatic heterocycles. The smallest absolute Gasteiger partial charge is 0.256 e. The lowest BCUT2D eigenvalue weighted by Gasteiger charge is -2.38. The normalized spacial score (nSPS) is 24.8. The number of carbonyl (C=O) groups is 2. The summed E-state index contributed by atoms with van der Waals surface area (Å²) in [5.74, 6) is -0.742. The molecule has 2 amide bonds. The van der Waals surface area contributed by atoms with E-state index < -0.39 is 5.82 Å². The van der Waals surface area contributed by atoms with E-state index in [1.165, 1.54) is 12.1 Å². The maximum Gasteiger partial charge on any atom is 0.256 e. The standard InChI is InChI=1S/C18H23FN2O3/c1-12(2)21-10-13-9-20(8-7-16(13)24-11-17(21)22)18(23)14-5-3-4-6-15(14)19/h3-6,12-13,16H,7-11H2,1-2H3/t13-,16+/m1/s1. The SMILES string of the molecule is CC(C)N1C[C@H]2CN(C(=O)c3ccccc3F)CC[C@@H]2OCC1=O. The molecule has 0 bridgehead atoms. The van der Waals surface area contributed by atoms with Gasteiger partial charge in [0.25, 0.3) is 5.91 Å². The summed E-state index contributed by atoms with van der Waals surface area (Å²) in [4.78, 5) is 28.3. The summed E-state index contributed by atoms with van der Waals surface area (Å²) in [5, 5.41) is 0. The van der Waals surface area contributed by atoms with Crippen LogP contribution in [-0.4, -0.2) is 60.0 Å². The molecule has 0 N–H and O–H groups in total. The van der Waals surface area contributed by atoms with Crippen molar-refractivity contribution in [3.05, 3.63) is 35.6 Å². The Morgan fingerprint density at radius 1 is 1.29 bits per heavy atom. The number of likely N-dealkylation sites (tertiary alicyclic amines) is 1. The molecule has 130 valence electrons. The average Bonchev–Trinajstić information content (AvgIpc) is 2.73. The van der Waals surface area contributed by atoms with Gasteiger partial charge in [-0.2, -0.15) is 0 Å². The van der Waals surface area contributed by atoms with Crippen LogP contribution < -0.4 is 0 Å². The van der Waals surface area contributed by atoms with Crippen LogP contribution in [0.2, 0.25) is 0 Å². The second-order valence-corrected chi connectivity index (χ2v) is 6.77. The molecule has 3 rings (SSSR count). The zero-order chi connectivity index (χ0) is 17.3. The Labute approximate surface area is 141 Å². The molecule has 2 atom stereocenters. The van der Waals surface area contributed by atoms with Gasteiger partial charge in [0.1, 0.15) is 12.4 Å². The molecule has 2 heterocycles. The third-order valence-corrected chi connectivity index (χ3v) is 4.85. The van der Waals surface area contributed by atoms with Crippen LogP contribution in [0, 0.1) is 11.7 Å². The van der Waals surface area contributed by atoms with E-state index in [4.69, 9.17) is 4.74 Å². The Morgan fingerprint density at radius 2 is 2.04 bits per heavy atom. The third kappa shape index (κ3) is 3.29. The van der Waals surface area contributed by atoms with Crippen molar-refractivity contribution in [2.75, 3.05) is 26.2 Å². The fourth-order valence-corrected chi connectivity index (χ4v) is 3.51. The van der Waals surface area contributed by atoms with Gasteiger partial charge in [-0.1, -0.05) is 12.1 Å². The van der Waals surface area contributed by atoms with E-state index in [0.29, 0.717) is 26.1 Å². The van der Waals surface area contributed by atoms with Crippen molar-refractivity contribution < 1.29 is 18.7 Å². The van der Waals surface area contributed by atoms with Gasteiger partial charge < -0.3 is 14.5 Å². The molecule has 0 unspecified atom stereocenters. The fraction of sp³-hybridized carbons (Fsp3) is 0.556. The Balaban J connectivity index is 1.75. The van der Waals surface area contributed by atoms with E-state index in [9.17, 15) is 14.0 Å². The van der Waals surface area contributed by atoms with Gasteiger partial charge in [0.2, 0.25) is 5.91 Å². The first-order valence-corrected chi connectivity index (χ1v) is 8.42. The van der Waals surface area contributed by atoms with Crippen molar-refractivity contribution >= 4 is 11.8 Å². The lowest BCUT2D eigenvalue weighted by atomic mass is 9.93. The molecule has 1 aromatic rings. The highest BCUT2D eigenvalue weighted by Crippen LogP contribution is 2.26. The first-order valence-electron chi connectivity index (χ1n) is 8.42. The van der Waals surface area contributed by atoms with Crippen molar-refractivity contribution in [2.24, 2.45) is 5.92 Å². The van der Waals surface area contributed by atoms with Crippen molar-refractivity contribution in [1.82, 2.24) is 9.80 Å². The number of ether oxygens (including phenoxy) is 1. The molecule has 0 spiro atoms. The highest BCUT2D eigenvalue weighted by molar-refractivity contribution is 5.94. The summed E-state index contributed by atoms with van der Waals surface area (Å²) in [6.07, 6.45) is 0.645. The summed E-state index contributed by atoms with van der Waals surface area (Å²) in [6, 6.07) is 6.14. The van der Waals surface area contributed by atoms with E-state index in [2.05, 4.69) is 0 Å². The van der Waals surface area contributed by atoms with Crippen LogP contribution in [0.15, 0.2) is 24.3 Å². The molecule has 0 aromatic heterocycles. The fourth-order valence-electron chi connectivity index (χ4n) is 3.51. The van der Waals surface area contributed by atoms with Crippen LogP contribution in [0.4, 0.5) is 4.39 Å². The summed E-state index contributed by atoms with van der Waals surface area (Å²) < 4.78 is 19.6. The zero-order valence-corrected chi connectivity index (χ0v) is 14.1. The molecule has 2 saturated heterocycles. The number of fused-ring (bicyclic) bond motifs is 1. The maximum absolute atomic E-state index is 13.9. The summed E-state index contributed by atoms with van der Waals surface area (Å²) in [7, 11) is 0. The van der Waals surface area contributed by atoms with E-state index >= 15 is 0 Å². The summed E-state index contributed by atoms with van der Waals surface area (Å²) >= 11 is 0. The number of hydrogen-bond acceptors (Lipinski definition) is 3. The number of benzene rings is 1. The maximum atomic E-state index is 13.9. The Kier molecular flexibility index (Phi) is 4.85. The number of amides is 2. The number of piperidine rings is 1. The van der Waals surface area contributed by atoms with Gasteiger partial charge in [-0.3, -0.25) is 9.59 Å². The molecule has 2 aliphatic rings. The number of halogens is 1. The van der Waals surface area contributed by atoms with E-state index in [0.717, 1.165) is 0 Å². The zero-order valence-electron chi connectivity index (χ0n) is 14.1. The third-order valence-electron chi connectivity index (χ3n) is 4.85. The molecular formula is C18H23FN2O3. The van der Waals surface area contributed by atoms with Crippen molar-refractivity contribution in [3.8, 4) is 0 Å². The number of hydrogen-bond donors (Lipinski definition) is 0. The van der Waals surface area contributed by atoms with Crippen LogP contribution >= 0.6 is 0 Å². The van der Waals surface area contributed by atoms with Gasteiger partial charge in [0.15, 0.2) is 0 Å². The average molecular weight is 334 g/mol. The van der Waals surface area contributed by atoms with E-state index in [1.807, 2.05) is 18.7 Å². The summed E-state index contributed by atoms with van der Waals surface area (Å²) in [5.41, 5.74) is 0.0993. The molecular weight excluding hydrogens is 311 g/mol. The second-order valence-electron chi connectivity index (χ2n) is 6.77. The van der Waals surface area contributed by atoms with Crippen LogP contribution in [0.1, 0.15) is 30.6 Å². The molecule has 2 fully saturated rings.